The van der Waals surface area contributed by atoms with Gasteiger partial charge in [0.15, 0.2) is 5.60 Å². The number of aliphatic hydroxyl groups is 1. The van der Waals surface area contributed by atoms with Crippen LogP contribution in [0.4, 0.5) is 4.79 Å². The van der Waals surface area contributed by atoms with Gasteiger partial charge in [-0.3, -0.25) is 4.79 Å². The van der Waals surface area contributed by atoms with Crippen LogP contribution in [0.3, 0.4) is 0 Å². The number of rotatable bonds is 5. The van der Waals surface area contributed by atoms with Crippen LogP contribution in [-0.2, 0) is 19.1 Å². The average molecular weight is 466 g/mol. The average Bonchev–Trinajstić information content (AvgIpc) is 3.54. The highest BCUT2D eigenvalue weighted by Crippen LogP contribution is 2.44. The maximum atomic E-state index is 12.9. The molecule has 0 bridgehead atoms. The van der Waals surface area contributed by atoms with E-state index in [4.69, 9.17) is 9.47 Å². The summed E-state index contributed by atoms with van der Waals surface area (Å²) in [5.41, 5.74) is 2.54. The predicted molar refractivity (Wildman–Crippen MR) is 120 cm³/mol. The molecule has 2 heterocycles. The molecule has 2 aromatic carbocycles. The Hall–Kier alpha value is -3.43. The largest absolute Gasteiger partial charge is 0.479 e. The smallest absolute Gasteiger partial charge is 0.407 e. The van der Waals surface area contributed by atoms with E-state index in [1.165, 1.54) is 4.90 Å². The molecular formula is C25H26N2O7. The van der Waals surface area contributed by atoms with E-state index in [1.807, 2.05) is 36.4 Å². The van der Waals surface area contributed by atoms with Gasteiger partial charge in [0.1, 0.15) is 6.61 Å². The number of carboxylic acid groups (broad SMARTS) is 1. The number of aliphatic carboxylic acids is 1. The van der Waals surface area contributed by atoms with Crippen LogP contribution in [-0.4, -0.2) is 77.6 Å². The molecule has 2 aliphatic heterocycles. The highest BCUT2D eigenvalue weighted by Gasteiger charge is 2.47. The van der Waals surface area contributed by atoms with E-state index in [-0.39, 0.29) is 51.2 Å². The number of benzene rings is 2. The van der Waals surface area contributed by atoms with Crippen molar-refractivity contribution in [1.29, 1.82) is 0 Å². The van der Waals surface area contributed by atoms with Crippen molar-refractivity contribution < 1.29 is 34.1 Å². The summed E-state index contributed by atoms with van der Waals surface area (Å²) in [6, 6.07) is 15.5. The first kappa shape index (κ1) is 22.4. The van der Waals surface area contributed by atoms with Gasteiger partial charge in [-0.25, -0.2) is 9.59 Å². The van der Waals surface area contributed by atoms with Crippen molar-refractivity contribution in [2.45, 2.75) is 24.0 Å². The fourth-order valence-corrected chi connectivity index (χ4v) is 5.12. The second-order valence-electron chi connectivity index (χ2n) is 9.07. The lowest BCUT2D eigenvalue weighted by atomic mass is 9.98. The summed E-state index contributed by atoms with van der Waals surface area (Å²) in [4.78, 5) is 38.2. The number of amides is 2. The number of nitrogens with one attached hydrogen (secondary N) is 1. The van der Waals surface area contributed by atoms with E-state index >= 15 is 0 Å². The highest BCUT2D eigenvalue weighted by molar-refractivity contribution is 5.84. The molecule has 3 N–H and O–H groups in total. The SMILES string of the molecule is O=C(NC1COCC1C(=O)N1CCC(O)(C(=O)O)C1)OCC1c2ccccc2-c2ccccc21. The maximum absolute atomic E-state index is 12.9. The van der Waals surface area contributed by atoms with Crippen molar-refractivity contribution in [3.05, 3.63) is 59.7 Å². The Labute approximate surface area is 196 Å². The number of fused-ring (bicyclic) bond motifs is 3. The normalized spacial score (nSPS) is 25.6. The van der Waals surface area contributed by atoms with E-state index < -0.39 is 29.6 Å². The molecule has 0 saturated carbocycles. The monoisotopic (exact) mass is 466 g/mol. The van der Waals surface area contributed by atoms with E-state index in [9.17, 15) is 24.6 Å². The van der Waals surface area contributed by atoms with Crippen molar-refractivity contribution in [3.63, 3.8) is 0 Å². The molecule has 2 aromatic rings. The molecule has 5 rings (SSSR count). The first-order chi connectivity index (χ1) is 16.4. The molecule has 0 radical (unpaired) electrons. The molecule has 2 fully saturated rings. The second kappa shape index (κ2) is 8.73. The number of carbonyl (C=O) groups is 3. The van der Waals surface area contributed by atoms with E-state index in [2.05, 4.69) is 17.4 Å². The molecular weight excluding hydrogens is 440 g/mol. The van der Waals surface area contributed by atoms with Gasteiger partial charge in [0.05, 0.1) is 31.7 Å². The summed E-state index contributed by atoms with van der Waals surface area (Å²) < 4.78 is 11.0. The van der Waals surface area contributed by atoms with E-state index in [1.54, 1.807) is 0 Å². The van der Waals surface area contributed by atoms with Crippen LogP contribution in [0.15, 0.2) is 48.5 Å². The van der Waals surface area contributed by atoms with Gasteiger partial charge in [0, 0.05) is 18.9 Å². The van der Waals surface area contributed by atoms with Gasteiger partial charge in [-0.15, -0.1) is 0 Å². The Morgan fingerprint density at radius 1 is 1.06 bits per heavy atom. The topological polar surface area (TPSA) is 125 Å². The van der Waals surface area contributed by atoms with Crippen molar-refractivity contribution in [2.75, 3.05) is 32.9 Å². The minimum atomic E-state index is -1.94. The van der Waals surface area contributed by atoms with Crippen LogP contribution in [0, 0.1) is 5.92 Å². The fraction of sp³-hybridized carbons (Fsp3) is 0.400. The molecule has 3 aliphatic rings. The van der Waals surface area contributed by atoms with Crippen LogP contribution >= 0.6 is 0 Å². The van der Waals surface area contributed by atoms with Crippen molar-refractivity contribution in [2.24, 2.45) is 5.92 Å². The van der Waals surface area contributed by atoms with Crippen LogP contribution in [0.2, 0.25) is 0 Å². The Balaban J connectivity index is 1.21. The summed E-state index contributed by atoms with van der Waals surface area (Å²) in [5.74, 6) is -2.44. The van der Waals surface area contributed by atoms with E-state index in [0.29, 0.717) is 0 Å². The number of hydrogen-bond donors (Lipinski definition) is 3. The Morgan fingerprint density at radius 3 is 2.32 bits per heavy atom. The quantitative estimate of drug-likeness (QED) is 0.611. The second-order valence-corrected chi connectivity index (χ2v) is 9.07. The number of ether oxygens (including phenoxy) is 2. The minimum absolute atomic E-state index is 0.0356. The lowest BCUT2D eigenvalue weighted by Gasteiger charge is -2.25. The molecule has 3 unspecified atom stereocenters. The fourth-order valence-electron chi connectivity index (χ4n) is 5.12. The minimum Gasteiger partial charge on any atom is -0.479 e. The van der Waals surface area contributed by atoms with Crippen molar-refractivity contribution >= 4 is 18.0 Å². The van der Waals surface area contributed by atoms with Crippen LogP contribution in [0.25, 0.3) is 11.1 Å². The zero-order valence-corrected chi connectivity index (χ0v) is 18.5. The molecule has 9 heteroatoms. The van der Waals surface area contributed by atoms with Crippen LogP contribution in [0.5, 0.6) is 0 Å². The number of carbonyl (C=O) groups excluding carboxylic acids is 2. The standard InChI is InChI=1S/C25H26N2O7/c28-22(27-10-9-25(32,14-27)23(29)30)20-11-33-13-21(20)26-24(31)34-12-19-17-7-3-1-5-15(17)16-6-2-4-8-18(16)19/h1-8,19-21,32H,9-14H2,(H,26,31)(H,29,30). The maximum Gasteiger partial charge on any atom is 0.407 e. The summed E-state index contributed by atoms with van der Waals surface area (Å²) >= 11 is 0. The summed E-state index contributed by atoms with van der Waals surface area (Å²) in [6.45, 7) is 0.266. The Morgan fingerprint density at radius 2 is 1.71 bits per heavy atom. The zero-order chi connectivity index (χ0) is 23.9. The number of likely N-dealkylation sites (tertiary alicyclic amines) is 1. The van der Waals surface area contributed by atoms with Crippen molar-refractivity contribution in [3.8, 4) is 11.1 Å². The number of carboxylic acids is 1. The highest BCUT2D eigenvalue weighted by atomic mass is 16.5. The van der Waals surface area contributed by atoms with Crippen LogP contribution < -0.4 is 5.32 Å². The lowest BCUT2D eigenvalue weighted by molar-refractivity contribution is -0.157. The first-order valence-electron chi connectivity index (χ1n) is 11.3. The molecule has 9 nitrogen and oxygen atoms in total. The van der Waals surface area contributed by atoms with Gasteiger partial charge in [0.2, 0.25) is 5.91 Å². The van der Waals surface area contributed by atoms with Crippen molar-refractivity contribution in [1.82, 2.24) is 10.2 Å². The lowest BCUT2D eigenvalue weighted by Crippen LogP contribution is -2.49. The third kappa shape index (κ3) is 3.91. The molecule has 0 spiro atoms. The molecule has 178 valence electrons. The summed E-state index contributed by atoms with van der Waals surface area (Å²) in [5, 5.41) is 22.1. The molecule has 0 aromatic heterocycles. The molecule has 34 heavy (non-hydrogen) atoms. The molecule has 1 aliphatic carbocycles. The van der Waals surface area contributed by atoms with Gasteiger partial charge in [-0.1, -0.05) is 48.5 Å². The van der Waals surface area contributed by atoms with Crippen LogP contribution in [0.1, 0.15) is 23.5 Å². The summed E-state index contributed by atoms with van der Waals surface area (Å²) in [6.07, 6.45) is -0.676. The number of β-amino-alcohol motifs (C(OH)–C–C–N with tert-alkyl or cyclic N) is 1. The molecule has 2 saturated heterocycles. The predicted octanol–water partition coefficient (Wildman–Crippen LogP) is 1.59. The Kier molecular flexibility index (Phi) is 5.75. The summed E-state index contributed by atoms with van der Waals surface area (Å²) in [7, 11) is 0. The molecule has 2 amide bonds. The Bertz CT molecular complexity index is 1090. The third-order valence-corrected chi connectivity index (χ3v) is 7.00. The number of nitrogens with zero attached hydrogens (tertiary/aromatic N) is 1. The number of hydrogen-bond acceptors (Lipinski definition) is 6. The van der Waals surface area contributed by atoms with Gasteiger partial charge >= 0.3 is 12.1 Å². The van der Waals surface area contributed by atoms with E-state index in [0.717, 1.165) is 22.3 Å². The number of alkyl carbamates (subject to hydrolysis) is 1. The van der Waals surface area contributed by atoms with Gasteiger partial charge in [-0.2, -0.15) is 0 Å². The third-order valence-electron chi connectivity index (χ3n) is 7.00. The van der Waals surface area contributed by atoms with Gasteiger partial charge < -0.3 is 29.9 Å². The van der Waals surface area contributed by atoms with Gasteiger partial charge in [0.25, 0.3) is 0 Å². The first-order valence-corrected chi connectivity index (χ1v) is 11.3. The molecule has 3 atom stereocenters. The zero-order valence-electron chi connectivity index (χ0n) is 18.5. The van der Waals surface area contributed by atoms with Gasteiger partial charge in [-0.05, 0) is 22.3 Å².